The Morgan fingerprint density at radius 1 is 1.10 bits per heavy atom. The lowest BCUT2D eigenvalue weighted by Crippen LogP contribution is -2.58. The monoisotopic (exact) mass is 424 g/mol. The van der Waals surface area contributed by atoms with Crippen LogP contribution in [0.15, 0.2) is 30.3 Å². The van der Waals surface area contributed by atoms with E-state index in [0.717, 1.165) is 29.7 Å². The van der Waals surface area contributed by atoms with Gasteiger partial charge in [-0.05, 0) is 80.6 Å². The van der Waals surface area contributed by atoms with Gasteiger partial charge in [-0.2, -0.15) is 0 Å². The van der Waals surface area contributed by atoms with Gasteiger partial charge in [-0.25, -0.2) is 0 Å². The number of thioether (sulfide) groups is 1. The fraction of sp³-hybridized carbons (Fsp3) is 0.680. The van der Waals surface area contributed by atoms with Crippen LogP contribution in [-0.2, 0) is 14.5 Å². The molecular weight excluding hydrogens is 392 g/mol. The Morgan fingerprint density at radius 3 is 2.37 bits per heavy atom. The molecule has 2 saturated heterocycles. The quantitative estimate of drug-likeness (QED) is 0.784. The van der Waals surface area contributed by atoms with E-state index in [4.69, 9.17) is 0 Å². The van der Waals surface area contributed by atoms with E-state index < -0.39 is 0 Å². The summed E-state index contributed by atoms with van der Waals surface area (Å²) in [5.41, 5.74) is 1.45. The highest BCUT2D eigenvalue weighted by molar-refractivity contribution is 8.00. The van der Waals surface area contributed by atoms with Crippen LogP contribution in [0.25, 0.3) is 0 Å². The Morgan fingerprint density at radius 2 is 1.73 bits per heavy atom. The van der Waals surface area contributed by atoms with Crippen LogP contribution in [0, 0.1) is 23.2 Å². The number of carbonyl (C=O) groups excluding carboxylic acids is 2. The third-order valence-electron chi connectivity index (χ3n) is 9.02. The van der Waals surface area contributed by atoms with E-state index in [0.29, 0.717) is 17.6 Å². The topological polar surface area (TPSA) is 49.4 Å². The first kappa shape index (κ1) is 19.2. The molecule has 1 N–H and O–H groups in total. The summed E-state index contributed by atoms with van der Waals surface area (Å²) < 4.78 is 0. The summed E-state index contributed by atoms with van der Waals surface area (Å²) in [6, 6.07) is 10.2. The Bertz CT molecular complexity index is 836. The molecule has 4 saturated carbocycles. The maximum Gasteiger partial charge on any atom is 0.243 e. The first-order valence-corrected chi connectivity index (χ1v) is 12.8. The summed E-state index contributed by atoms with van der Waals surface area (Å²) >= 11 is 1.78. The maximum atomic E-state index is 13.5. The van der Waals surface area contributed by atoms with Crippen molar-refractivity contribution >= 4 is 23.6 Å². The number of rotatable bonds is 4. The Kier molecular flexibility index (Phi) is 4.32. The van der Waals surface area contributed by atoms with E-state index in [1.54, 1.807) is 11.8 Å². The number of fused-ring (bicyclic) bond motifs is 1. The van der Waals surface area contributed by atoms with Gasteiger partial charge in [-0.15, -0.1) is 11.8 Å². The third-order valence-corrected chi connectivity index (χ3v) is 10.6. The highest BCUT2D eigenvalue weighted by Crippen LogP contribution is 2.61. The summed E-state index contributed by atoms with van der Waals surface area (Å²) in [4.78, 5) is 27.9. The third kappa shape index (κ3) is 2.73. The van der Waals surface area contributed by atoms with E-state index >= 15 is 0 Å². The summed E-state index contributed by atoms with van der Waals surface area (Å²) in [5, 5.41) is 3.43. The largest absolute Gasteiger partial charge is 0.351 e. The lowest BCUT2D eigenvalue weighted by atomic mass is 9.48. The number of amides is 2. The highest BCUT2D eigenvalue weighted by atomic mass is 32.2. The zero-order valence-electron chi connectivity index (χ0n) is 17.8. The van der Waals surface area contributed by atoms with E-state index in [1.165, 1.54) is 38.5 Å². The van der Waals surface area contributed by atoms with Crippen molar-refractivity contribution in [3.05, 3.63) is 35.9 Å². The van der Waals surface area contributed by atoms with Gasteiger partial charge in [0.1, 0.15) is 10.9 Å². The Balaban J connectivity index is 1.22. The Hall–Kier alpha value is -1.49. The van der Waals surface area contributed by atoms with Crippen LogP contribution in [0.4, 0.5) is 0 Å². The fourth-order valence-corrected chi connectivity index (χ4v) is 9.66. The normalized spacial score (nSPS) is 42.4. The molecule has 30 heavy (non-hydrogen) atoms. The number of hydrogen-bond acceptors (Lipinski definition) is 3. The van der Waals surface area contributed by atoms with E-state index in [2.05, 4.69) is 24.4 Å². The number of nitrogens with one attached hydrogen (secondary N) is 1. The number of benzene rings is 1. The molecule has 1 aromatic rings. The second-order valence-electron chi connectivity index (χ2n) is 10.8. The van der Waals surface area contributed by atoms with Crippen LogP contribution in [0.5, 0.6) is 0 Å². The van der Waals surface area contributed by atoms with Crippen molar-refractivity contribution in [2.75, 3.05) is 5.75 Å². The van der Waals surface area contributed by atoms with Gasteiger partial charge < -0.3 is 10.2 Å². The molecule has 3 atom stereocenters. The predicted molar refractivity (Wildman–Crippen MR) is 119 cm³/mol. The van der Waals surface area contributed by atoms with Crippen molar-refractivity contribution in [2.24, 2.45) is 23.2 Å². The van der Waals surface area contributed by atoms with Gasteiger partial charge >= 0.3 is 0 Å². The predicted octanol–water partition coefficient (Wildman–Crippen LogP) is 4.30. The molecule has 2 heterocycles. The van der Waals surface area contributed by atoms with Crippen molar-refractivity contribution in [3.63, 3.8) is 0 Å². The van der Waals surface area contributed by atoms with E-state index in [1.807, 2.05) is 23.1 Å². The van der Waals surface area contributed by atoms with Gasteiger partial charge in [0, 0.05) is 18.2 Å². The molecule has 5 heteroatoms. The van der Waals surface area contributed by atoms with Crippen LogP contribution in [0.2, 0.25) is 0 Å². The molecule has 4 nitrogen and oxygen atoms in total. The Labute approximate surface area is 183 Å². The number of nitrogens with zero attached hydrogens (tertiary/aromatic N) is 1. The summed E-state index contributed by atoms with van der Waals surface area (Å²) in [7, 11) is 0. The average Bonchev–Trinajstić information content (AvgIpc) is 3.27. The molecule has 4 aliphatic carbocycles. The molecule has 4 bridgehead atoms. The zero-order valence-corrected chi connectivity index (χ0v) is 18.6. The lowest BCUT2D eigenvalue weighted by Gasteiger charge is -2.59. The second-order valence-corrected chi connectivity index (χ2v) is 12.0. The minimum absolute atomic E-state index is 0.0683. The molecule has 0 spiro atoms. The molecule has 7 rings (SSSR count). The molecule has 1 aromatic carbocycles. The zero-order chi connectivity index (χ0) is 20.5. The molecular formula is C25H32N2O2S. The van der Waals surface area contributed by atoms with Gasteiger partial charge in [0.05, 0.1) is 0 Å². The van der Waals surface area contributed by atoms with Gasteiger partial charge in [0.15, 0.2) is 0 Å². The molecule has 0 unspecified atom stereocenters. The molecule has 6 fully saturated rings. The first-order chi connectivity index (χ1) is 14.5. The molecule has 2 aliphatic heterocycles. The van der Waals surface area contributed by atoms with E-state index in [-0.39, 0.29) is 28.8 Å². The standard InChI is InChI=1S/C25H32N2O2S/c1-16(24-12-17-9-18(13-24)11-19(10-17)14-24)26-23(29)21-15-30-25(8-7-22(28)27(21)25)20-5-3-2-4-6-20/h2-6,16-19,21H,7-15H2,1H3,(H,26,29)/t16-,17?,18?,19?,21-,24?,25+/m0/s1. The summed E-state index contributed by atoms with van der Waals surface area (Å²) in [6.07, 6.45) is 9.46. The number of carbonyl (C=O) groups is 2. The summed E-state index contributed by atoms with van der Waals surface area (Å²) in [5.74, 6) is 3.53. The van der Waals surface area contributed by atoms with Gasteiger partial charge in [-0.1, -0.05) is 30.3 Å². The first-order valence-electron chi connectivity index (χ1n) is 11.8. The maximum absolute atomic E-state index is 13.5. The molecule has 2 amide bonds. The van der Waals surface area contributed by atoms with Crippen LogP contribution in [0.3, 0.4) is 0 Å². The minimum atomic E-state index is -0.357. The van der Waals surface area contributed by atoms with Crippen molar-refractivity contribution in [2.45, 2.75) is 75.2 Å². The average molecular weight is 425 g/mol. The van der Waals surface area contributed by atoms with Crippen molar-refractivity contribution in [1.29, 1.82) is 0 Å². The summed E-state index contributed by atoms with van der Waals surface area (Å²) in [6.45, 7) is 2.24. The van der Waals surface area contributed by atoms with Crippen LogP contribution in [-0.4, -0.2) is 34.6 Å². The van der Waals surface area contributed by atoms with Gasteiger partial charge in [0.2, 0.25) is 11.8 Å². The van der Waals surface area contributed by atoms with E-state index in [9.17, 15) is 9.59 Å². The van der Waals surface area contributed by atoms with Crippen molar-refractivity contribution in [1.82, 2.24) is 10.2 Å². The lowest BCUT2D eigenvalue weighted by molar-refractivity contribution is -0.140. The molecule has 6 aliphatic rings. The van der Waals surface area contributed by atoms with Crippen LogP contribution in [0.1, 0.15) is 63.9 Å². The van der Waals surface area contributed by atoms with Crippen LogP contribution >= 0.6 is 11.8 Å². The van der Waals surface area contributed by atoms with Gasteiger partial charge in [0.25, 0.3) is 0 Å². The minimum Gasteiger partial charge on any atom is -0.351 e. The van der Waals surface area contributed by atoms with Gasteiger partial charge in [-0.3, -0.25) is 9.59 Å². The number of hydrogen-bond donors (Lipinski definition) is 1. The molecule has 0 radical (unpaired) electrons. The molecule has 160 valence electrons. The SMILES string of the molecule is C[C@H](NC(=O)[C@@H]1CS[C@@]2(c3ccccc3)CCC(=O)N12)C12CC3CC(CC(C3)C1)C2. The van der Waals surface area contributed by atoms with Crippen molar-refractivity contribution in [3.8, 4) is 0 Å². The molecule has 0 aromatic heterocycles. The van der Waals surface area contributed by atoms with Crippen molar-refractivity contribution < 1.29 is 9.59 Å². The van der Waals surface area contributed by atoms with Crippen LogP contribution < -0.4 is 5.32 Å². The smallest absolute Gasteiger partial charge is 0.243 e. The second kappa shape index (κ2) is 6.75. The highest BCUT2D eigenvalue weighted by Gasteiger charge is 2.58. The fourth-order valence-electron chi connectivity index (χ4n) is 8.01.